The highest BCUT2D eigenvalue weighted by Gasteiger charge is 2.18. The van der Waals surface area contributed by atoms with Crippen molar-refractivity contribution < 1.29 is 19.0 Å². The maximum absolute atomic E-state index is 13.2. The van der Waals surface area contributed by atoms with Crippen LogP contribution in [0.1, 0.15) is 32.4 Å². The second kappa shape index (κ2) is 5.99. The van der Waals surface area contributed by atoms with Gasteiger partial charge in [0.25, 0.3) is 0 Å². The van der Waals surface area contributed by atoms with Gasteiger partial charge >= 0.3 is 6.09 Å². The van der Waals surface area contributed by atoms with Crippen LogP contribution >= 0.6 is 0 Å². The summed E-state index contributed by atoms with van der Waals surface area (Å²) in [6.07, 6.45) is -0.662. The predicted molar refractivity (Wildman–Crippen MR) is 70.3 cm³/mol. The molecular weight excluding hydrogens is 251 g/mol. The molecule has 19 heavy (non-hydrogen) atoms. The molecule has 1 rings (SSSR count). The number of nitrogens with one attached hydrogen (secondary N) is 1. The summed E-state index contributed by atoms with van der Waals surface area (Å²) in [5.74, 6) is -0.492. The van der Waals surface area contributed by atoms with E-state index in [1.807, 2.05) is 0 Å². The van der Waals surface area contributed by atoms with Crippen LogP contribution in [0.4, 0.5) is 14.9 Å². The highest BCUT2D eigenvalue weighted by molar-refractivity contribution is 5.86. The molecule has 0 aliphatic rings. The van der Waals surface area contributed by atoms with Crippen molar-refractivity contribution in [1.29, 1.82) is 0 Å². The number of rotatable bonds is 3. The number of nitrogens with two attached hydrogens (primary N) is 1. The smallest absolute Gasteiger partial charge is 0.412 e. The van der Waals surface area contributed by atoms with Crippen LogP contribution in [-0.2, 0) is 4.74 Å². The van der Waals surface area contributed by atoms with Gasteiger partial charge in [-0.15, -0.1) is 0 Å². The average Bonchev–Trinajstić information content (AvgIpc) is 2.28. The molecule has 1 atom stereocenters. The van der Waals surface area contributed by atoms with Crippen molar-refractivity contribution in [3.05, 3.63) is 29.6 Å². The van der Waals surface area contributed by atoms with Crippen LogP contribution in [0.2, 0.25) is 0 Å². The molecule has 0 heterocycles. The van der Waals surface area contributed by atoms with Crippen molar-refractivity contribution in [2.45, 2.75) is 32.4 Å². The van der Waals surface area contributed by atoms with E-state index in [9.17, 15) is 9.18 Å². The number of ether oxygens (including phenoxy) is 1. The molecule has 5 nitrogen and oxygen atoms in total. The van der Waals surface area contributed by atoms with Crippen LogP contribution in [0.5, 0.6) is 0 Å². The molecule has 1 aromatic carbocycles. The number of aliphatic hydroxyl groups excluding tert-OH is 1. The number of carbonyl (C=O) groups excluding carboxylic acids is 1. The molecule has 0 spiro atoms. The molecule has 0 aromatic heterocycles. The lowest BCUT2D eigenvalue weighted by atomic mass is 10.1. The van der Waals surface area contributed by atoms with E-state index < -0.39 is 23.6 Å². The SMILES string of the molecule is CC(C)(C)OC(=O)Nc1ccc(F)cc1[C@H](N)CO. The zero-order valence-corrected chi connectivity index (χ0v) is 11.2. The molecule has 1 aromatic rings. The molecule has 0 aliphatic heterocycles. The molecular formula is C13H19FN2O3. The van der Waals surface area contributed by atoms with Crippen LogP contribution in [-0.4, -0.2) is 23.4 Å². The minimum Gasteiger partial charge on any atom is -0.444 e. The Morgan fingerprint density at radius 1 is 1.53 bits per heavy atom. The fourth-order valence-electron chi connectivity index (χ4n) is 1.47. The van der Waals surface area contributed by atoms with E-state index in [1.54, 1.807) is 20.8 Å². The van der Waals surface area contributed by atoms with E-state index in [4.69, 9.17) is 15.6 Å². The highest BCUT2D eigenvalue weighted by atomic mass is 19.1. The molecule has 0 unspecified atom stereocenters. The van der Waals surface area contributed by atoms with Crippen LogP contribution in [0.3, 0.4) is 0 Å². The number of hydrogen-bond donors (Lipinski definition) is 3. The summed E-state index contributed by atoms with van der Waals surface area (Å²) in [5, 5.41) is 11.5. The van der Waals surface area contributed by atoms with Gasteiger partial charge in [0.1, 0.15) is 11.4 Å². The van der Waals surface area contributed by atoms with Gasteiger partial charge in [-0.2, -0.15) is 0 Å². The summed E-state index contributed by atoms with van der Waals surface area (Å²) in [6, 6.07) is 2.97. The third kappa shape index (κ3) is 4.84. The van der Waals surface area contributed by atoms with Crippen LogP contribution in [0, 0.1) is 5.82 Å². The standard InChI is InChI=1S/C13H19FN2O3/c1-13(2,3)19-12(18)16-11-5-4-8(14)6-9(11)10(15)7-17/h4-6,10,17H,7,15H2,1-3H3,(H,16,18)/t10-/m1/s1. The molecule has 0 saturated heterocycles. The second-order valence-electron chi connectivity index (χ2n) is 5.15. The van der Waals surface area contributed by atoms with E-state index in [0.717, 1.165) is 0 Å². The number of halogens is 1. The summed E-state index contributed by atoms with van der Waals surface area (Å²) in [6.45, 7) is 4.85. The Kier molecular flexibility index (Phi) is 4.85. The van der Waals surface area contributed by atoms with E-state index in [-0.39, 0.29) is 6.61 Å². The van der Waals surface area contributed by atoms with Crippen molar-refractivity contribution >= 4 is 11.8 Å². The lowest BCUT2D eigenvalue weighted by Gasteiger charge is -2.21. The largest absolute Gasteiger partial charge is 0.444 e. The minimum absolute atomic E-state index is 0.313. The van der Waals surface area contributed by atoms with Crippen molar-refractivity contribution in [2.75, 3.05) is 11.9 Å². The summed E-state index contributed by atoms with van der Waals surface area (Å²) >= 11 is 0. The molecule has 0 aliphatic carbocycles. The molecule has 0 saturated carbocycles. The zero-order chi connectivity index (χ0) is 14.6. The summed E-state index contributed by atoms with van der Waals surface area (Å²) < 4.78 is 18.3. The Hall–Kier alpha value is -1.66. The molecule has 6 heteroatoms. The second-order valence-corrected chi connectivity index (χ2v) is 5.15. The van der Waals surface area contributed by atoms with Gasteiger partial charge in [0.2, 0.25) is 0 Å². The topological polar surface area (TPSA) is 84.6 Å². The Labute approximate surface area is 111 Å². The van der Waals surface area contributed by atoms with Gasteiger partial charge in [-0.1, -0.05) is 0 Å². The van der Waals surface area contributed by atoms with Crippen molar-refractivity contribution in [3.63, 3.8) is 0 Å². The first kappa shape index (κ1) is 15.4. The van der Waals surface area contributed by atoms with Gasteiger partial charge in [0.15, 0.2) is 0 Å². The van der Waals surface area contributed by atoms with Crippen molar-refractivity contribution in [2.24, 2.45) is 5.73 Å². The van der Waals surface area contributed by atoms with Gasteiger partial charge in [-0.3, -0.25) is 5.32 Å². The first-order valence-corrected chi connectivity index (χ1v) is 5.89. The van der Waals surface area contributed by atoms with Gasteiger partial charge in [-0.25, -0.2) is 9.18 Å². The number of aliphatic hydroxyl groups is 1. The number of carbonyl (C=O) groups is 1. The van der Waals surface area contributed by atoms with Crippen LogP contribution in [0.25, 0.3) is 0 Å². The lowest BCUT2D eigenvalue weighted by molar-refractivity contribution is 0.0635. The third-order valence-electron chi connectivity index (χ3n) is 2.25. The lowest BCUT2D eigenvalue weighted by Crippen LogP contribution is -2.28. The first-order chi connectivity index (χ1) is 8.73. The first-order valence-electron chi connectivity index (χ1n) is 5.89. The van der Waals surface area contributed by atoms with Gasteiger partial charge in [-0.05, 0) is 44.5 Å². The normalized spacial score (nSPS) is 12.9. The number of amides is 1. The van der Waals surface area contributed by atoms with Gasteiger partial charge in [0.05, 0.1) is 12.6 Å². The Morgan fingerprint density at radius 3 is 2.68 bits per heavy atom. The van der Waals surface area contributed by atoms with E-state index in [0.29, 0.717) is 11.3 Å². The molecule has 4 N–H and O–H groups in total. The van der Waals surface area contributed by atoms with E-state index in [1.165, 1.54) is 18.2 Å². The predicted octanol–water partition coefficient (Wildman–Crippen LogP) is 2.16. The maximum Gasteiger partial charge on any atom is 0.412 e. The Balaban J connectivity index is 2.91. The summed E-state index contributed by atoms with van der Waals surface area (Å²) in [7, 11) is 0. The van der Waals surface area contributed by atoms with E-state index in [2.05, 4.69) is 5.32 Å². The number of hydrogen-bond acceptors (Lipinski definition) is 4. The Morgan fingerprint density at radius 2 is 2.16 bits per heavy atom. The number of anilines is 1. The molecule has 0 radical (unpaired) electrons. The Bertz CT molecular complexity index is 458. The highest BCUT2D eigenvalue weighted by Crippen LogP contribution is 2.23. The molecule has 106 valence electrons. The monoisotopic (exact) mass is 270 g/mol. The van der Waals surface area contributed by atoms with Crippen molar-refractivity contribution in [3.8, 4) is 0 Å². The summed E-state index contributed by atoms with van der Waals surface area (Å²) in [5.41, 5.74) is 5.65. The zero-order valence-electron chi connectivity index (χ0n) is 11.2. The fraction of sp³-hybridized carbons (Fsp3) is 0.462. The van der Waals surface area contributed by atoms with Gasteiger partial charge in [0, 0.05) is 5.69 Å². The van der Waals surface area contributed by atoms with Crippen LogP contribution < -0.4 is 11.1 Å². The van der Waals surface area contributed by atoms with Gasteiger partial charge < -0.3 is 15.6 Å². The van der Waals surface area contributed by atoms with Crippen LogP contribution in [0.15, 0.2) is 18.2 Å². The third-order valence-corrected chi connectivity index (χ3v) is 2.25. The molecule has 1 amide bonds. The summed E-state index contributed by atoms with van der Waals surface area (Å²) in [4.78, 5) is 11.6. The maximum atomic E-state index is 13.2. The average molecular weight is 270 g/mol. The van der Waals surface area contributed by atoms with Crippen molar-refractivity contribution in [1.82, 2.24) is 0 Å². The molecule has 0 fully saturated rings. The minimum atomic E-state index is -0.777. The molecule has 0 bridgehead atoms. The number of benzene rings is 1. The van der Waals surface area contributed by atoms with E-state index >= 15 is 0 Å². The fourth-order valence-corrected chi connectivity index (χ4v) is 1.47. The quantitative estimate of drug-likeness (QED) is 0.785.